The number of amides is 3. The molecule has 33 heavy (non-hydrogen) atoms. The summed E-state index contributed by atoms with van der Waals surface area (Å²) in [5.74, 6) is -2.60. The lowest BCUT2D eigenvalue weighted by Crippen LogP contribution is -2.44. The van der Waals surface area contributed by atoms with Crippen LogP contribution in [-0.4, -0.2) is 83.2 Å². The molecule has 1 aliphatic rings. The number of nitrogens with two attached hydrogens (primary N) is 1. The maximum absolute atomic E-state index is 12.7. The number of hydrogen-bond acceptors (Lipinski definition) is 10. The van der Waals surface area contributed by atoms with Crippen molar-refractivity contribution in [3.63, 3.8) is 0 Å². The Morgan fingerprint density at radius 1 is 1.09 bits per heavy atom. The Hall–Kier alpha value is -2.47. The van der Waals surface area contributed by atoms with Crippen molar-refractivity contribution in [2.24, 2.45) is 5.73 Å². The van der Waals surface area contributed by atoms with Gasteiger partial charge in [-0.15, -0.1) is 11.8 Å². The van der Waals surface area contributed by atoms with Crippen molar-refractivity contribution in [1.82, 2.24) is 10.2 Å². The van der Waals surface area contributed by atoms with Gasteiger partial charge in [-0.1, -0.05) is 0 Å². The molecule has 0 bridgehead atoms. The van der Waals surface area contributed by atoms with Crippen LogP contribution in [0.4, 0.5) is 0 Å². The van der Waals surface area contributed by atoms with Gasteiger partial charge in [-0.05, 0) is 27.2 Å². The van der Waals surface area contributed by atoms with Gasteiger partial charge in [0, 0.05) is 31.6 Å². The SMILES string of the molecule is CCOC(=O)CCC(=O)C(CSC1CC(=O)N(CC)C1=O)NC(=O)CCC(N)C(=O)OCC. The molecule has 0 saturated carbocycles. The number of esters is 2. The normalized spacial score (nSPS) is 17.5. The smallest absolute Gasteiger partial charge is 0.322 e. The van der Waals surface area contributed by atoms with E-state index in [1.165, 1.54) is 0 Å². The van der Waals surface area contributed by atoms with Crippen LogP contribution in [0.2, 0.25) is 0 Å². The topological polar surface area (TPSA) is 162 Å². The van der Waals surface area contributed by atoms with E-state index in [1.54, 1.807) is 20.8 Å². The first-order valence-corrected chi connectivity index (χ1v) is 12.0. The molecule has 1 heterocycles. The first kappa shape index (κ1) is 28.6. The standard InChI is InChI=1S/C21H33N3O8S/c1-4-24-18(27)11-16(20(24)29)33-12-14(15(25)8-10-19(28)31-5-2)23-17(26)9-7-13(22)21(30)32-6-3/h13-14,16H,4-12,22H2,1-3H3,(H,23,26). The number of nitrogens with one attached hydrogen (secondary N) is 1. The maximum atomic E-state index is 12.7. The number of carbonyl (C=O) groups is 6. The Labute approximate surface area is 197 Å². The Morgan fingerprint density at radius 3 is 2.33 bits per heavy atom. The predicted octanol–water partition coefficient (Wildman–Crippen LogP) is -0.0652. The third-order valence-corrected chi connectivity index (χ3v) is 6.16. The molecule has 3 amide bonds. The second kappa shape index (κ2) is 14.6. The van der Waals surface area contributed by atoms with Crippen LogP contribution in [-0.2, 0) is 38.2 Å². The summed E-state index contributed by atoms with van der Waals surface area (Å²) in [6.07, 6.45) is -0.337. The molecule has 11 nitrogen and oxygen atoms in total. The van der Waals surface area contributed by atoms with E-state index in [-0.39, 0.29) is 69.4 Å². The van der Waals surface area contributed by atoms with Gasteiger partial charge >= 0.3 is 11.9 Å². The van der Waals surface area contributed by atoms with Gasteiger partial charge in [-0.25, -0.2) is 0 Å². The molecule has 0 radical (unpaired) electrons. The molecule has 186 valence electrons. The third kappa shape index (κ3) is 9.50. The second-order valence-electron chi connectivity index (χ2n) is 7.29. The van der Waals surface area contributed by atoms with E-state index in [1.807, 2.05) is 0 Å². The summed E-state index contributed by atoms with van der Waals surface area (Å²) in [5.41, 5.74) is 5.70. The van der Waals surface area contributed by atoms with Crippen LogP contribution in [0.1, 0.15) is 52.9 Å². The number of hydrogen-bond donors (Lipinski definition) is 2. The van der Waals surface area contributed by atoms with Gasteiger partial charge in [0.05, 0.1) is 30.9 Å². The molecule has 0 aromatic carbocycles. The van der Waals surface area contributed by atoms with Gasteiger partial charge in [0.1, 0.15) is 6.04 Å². The maximum Gasteiger partial charge on any atom is 0.322 e. The fraction of sp³-hybridized carbons (Fsp3) is 0.714. The molecule has 0 aliphatic carbocycles. The zero-order chi connectivity index (χ0) is 25.0. The zero-order valence-electron chi connectivity index (χ0n) is 19.3. The summed E-state index contributed by atoms with van der Waals surface area (Å²) >= 11 is 1.11. The summed E-state index contributed by atoms with van der Waals surface area (Å²) in [5, 5.41) is 1.96. The van der Waals surface area contributed by atoms with E-state index in [4.69, 9.17) is 15.2 Å². The molecule has 1 fully saturated rings. The molecule has 0 aromatic heterocycles. The van der Waals surface area contributed by atoms with Crippen LogP contribution in [0.5, 0.6) is 0 Å². The lowest BCUT2D eigenvalue weighted by molar-refractivity contribution is -0.145. The van der Waals surface area contributed by atoms with Crippen molar-refractivity contribution >= 4 is 47.2 Å². The first-order chi connectivity index (χ1) is 15.6. The second-order valence-corrected chi connectivity index (χ2v) is 8.53. The molecule has 3 atom stereocenters. The molecule has 1 saturated heterocycles. The Bertz CT molecular complexity index is 745. The van der Waals surface area contributed by atoms with Gasteiger partial charge in [0.2, 0.25) is 17.7 Å². The van der Waals surface area contributed by atoms with E-state index in [9.17, 15) is 28.8 Å². The highest BCUT2D eigenvalue weighted by atomic mass is 32.2. The van der Waals surface area contributed by atoms with Crippen molar-refractivity contribution in [2.45, 2.75) is 70.2 Å². The van der Waals surface area contributed by atoms with Crippen LogP contribution in [0, 0.1) is 0 Å². The van der Waals surface area contributed by atoms with Gasteiger partial charge in [-0.2, -0.15) is 0 Å². The number of nitrogens with zero attached hydrogens (tertiary/aromatic N) is 1. The summed E-state index contributed by atoms with van der Waals surface area (Å²) in [7, 11) is 0. The van der Waals surface area contributed by atoms with E-state index in [0.717, 1.165) is 16.7 Å². The molecular weight excluding hydrogens is 454 g/mol. The number of likely N-dealkylation sites (tertiary alicyclic amines) is 1. The number of rotatable bonds is 15. The Kier molecular flexibility index (Phi) is 12.7. The minimum absolute atomic E-state index is 0.0304. The van der Waals surface area contributed by atoms with Crippen molar-refractivity contribution in [1.29, 1.82) is 0 Å². The number of carbonyl (C=O) groups excluding carboxylic acids is 6. The van der Waals surface area contributed by atoms with Crippen LogP contribution in [0.25, 0.3) is 0 Å². The summed E-state index contributed by atoms with van der Waals surface area (Å²) in [6, 6.07) is -1.94. The quantitative estimate of drug-likeness (QED) is 0.236. The largest absolute Gasteiger partial charge is 0.466 e. The average molecular weight is 488 g/mol. The van der Waals surface area contributed by atoms with Gasteiger partial charge in [0.25, 0.3) is 0 Å². The van der Waals surface area contributed by atoms with E-state index < -0.39 is 41.0 Å². The van der Waals surface area contributed by atoms with Gasteiger partial charge < -0.3 is 20.5 Å². The summed E-state index contributed by atoms with van der Waals surface area (Å²) in [4.78, 5) is 73.7. The fourth-order valence-corrected chi connectivity index (χ4v) is 4.32. The van der Waals surface area contributed by atoms with Gasteiger partial charge in [-0.3, -0.25) is 33.7 Å². The number of ether oxygens (including phenoxy) is 2. The van der Waals surface area contributed by atoms with E-state index in [2.05, 4.69) is 5.32 Å². The molecular formula is C21H33N3O8S. The lowest BCUT2D eigenvalue weighted by atomic mass is 10.1. The van der Waals surface area contributed by atoms with Crippen LogP contribution in [0.3, 0.4) is 0 Å². The zero-order valence-corrected chi connectivity index (χ0v) is 20.1. The molecule has 0 aromatic rings. The Morgan fingerprint density at radius 2 is 1.76 bits per heavy atom. The lowest BCUT2D eigenvalue weighted by Gasteiger charge is -2.19. The third-order valence-electron chi connectivity index (χ3n) is 4.86. The van der Waals surface area contributed by atoms with E-state index in [0.29, 0.717) is 0 Å². The number of thioether (sulfide) groups is 1. The molecule has 0 spiro atoms. The highest BCUT2D eigenvalue weighted by molar-refractivity contribution is 8.00. The number of Topliss-reactive ketones (excluding diaryl/α,β-unsaturated/α-hetero) is 1. The van der Waals surface area contributed by atoms with Crippen molar-refractivity contribution < 1.29 is 38.2 Å². The van der Waals surface area contributed by atoms with Crippen molar-refractivity contribution in [2.75, 3.05) is 25.5 Å². The molecule has 3 N–H and O–H groups in total. The fourth-order valence-electron chi connectivity index (χ4n) is 3.10. The van der Waals surface area contributed by atoms with E-state index >= 15 is 0 Å². The predicted molar refractivity (Wildman–Crippen MR) is 120 cm³/mol. The highest BCUT2D eigenvalue weighted by Crippen LogP contribution is 2.26. The molecule has 3 unspecified atom stereocenters. The van der Waals surface area contributed by atoms with Gasteiger partial charge in [0.15, 0.2) is 5.78 Å². The first-order valence-electron chi connectivity index (χ1n) is 11.0. The highest BCUT2D eigenvalue weighted by Gasteiger charge is 2.38. The molecule has 1 rings (SSSR count). The summed E-state index contributed by atoms with van der Waals surface area (Å²) in [6.45, 7) is 5.63. The Balaban J connectivity index is 2.72. The van der Waals surface area contributed by atoms with Crippen LogP contribution >= 0.6 is 11.8 Å². The van der Waals surface area contributed by atoms with Crippen molar-refractivity contribution in [3.8, 4) is 0 Å². The summed E-state index contributed by atoms with van der Waals surface area (Å²) < 4.78 is 9.62. The molecule has 1 aliphatic heterocycles. The average Bonchev–Trinajstić information content (AvgIpc) is 3.05. The molecule has 12 heteroatoms. The van der Waals surface area contributed by atoms with Crippen LogP contribution < -0.4 is 11.1 Å². The van der Waals surface area contributed by atoms with Crippen LogP contribution in [0.15, 0.2) is 0 Å². The monoisotopic (exact) mass is 487 g/mol. The number of imide groups is 1. The number of ketones is 1. The minimum Gasteiger partial charge on any atom is -0.466 e. The van der Waals surface area contributed by atoms with Crippen molar-refractivity contribution in [3.05, 3.63) is 0 Å². The minimum atomic E-state index is -0.977.